The molecule has 1 unspecified atom stereocenters. The first-order chi connectivity index (χ1) is 11.1. The average Bonchev–Trinajstić information content (AvgIpc) is 2.57. The van der Waals surface area contributed by atoms with E-state index < -0.39 is 0 Å². The van der Waals surface area contributed by atoms with Gasteiger partial charge in [-0.1, -0.05) is 0 Å². The zero-order chi connectivity index (χ0) is 16.2. The molecule has 0 radical (unpaired) electrons. The fraction of sp³-hybridized carbons (Fsp3) is 0.600. The molecule has 124 valence electrons. The third-order valence-corrected chi connectivity index (χ3v) is 4.33. The van der Waals surface area contributed by atoms with Gasteiger partial charge in [-0.15, -0.1) is 0 Å². The first-order valence-corrected chi connectivity index (χ1v) is 7.95. The van der Waals surface area contributed by atoms with E-state index >= 15 is 0 Å². The normalized spacial score (nSPS) is 22.6. The molecule has 2 aliphatic rings. The number of piperazine rings is 1. The first kappa shape index (κ1) is 15.7. The number of piperidine rings is 1. The second kappa shape index (κ2) is 6.91. The second-order valence-electron chi connectivity index (χ2n) is 6.09. The Morgan fingerprint density at radius 2 is 1.96 bits per heavy atom. The molecule has 1 aromatic rings. The molecule has 2 N–H and O–H groups in total. The Bertz CT molecular complexity index is 558. The topological polar surface area (TPSA) is 90.5 Å². The van der Waals surface area contributed by atoms with E-state index in [1.165, 1.54) is 0 Å². The zero-order valence-electron chi connectivity index (χ0n) is 13.3. The smallest absolute Gasteiger partial charge is 0.229 e. The molecule has 2 amide bonds. The Kier molecular flexibility index (Phi) is 4.71. The van der Waals surface area contributed by atoms with Crippen LogP contribution in [0.2, 0.25) is 0 Å². The highest BCUT2D eigenvalue weighted by molar-refractivity contribution is 5.93. The maximum atomic E-state index is 12.2. The van der Waals surface area contributed by atoms with Crippen molar-refractivity contribution >= 4 is 23.5 Å². The van der Waals surface area contributed by atoms with Gasteiger partial charge in [-0.2, -0.15) is 0 Å². The highest BCUT2D eigenvalue weighted by Crippen LogP contribution is 2.16. The molecule has 2 saturated heterocycles. The molecular formula is C15H22N6O2. The van der Waals surface area contributed by atoms with Crippen LogP contribution in [-0.2, 0) is 9.59 Å². The van der Waals surface area contributed by atoms with Crippen LogP contribution in [0.25, 0.3) is 0 Å². The van der Waals surface area contributed by atoms with Crippen LogP contribution in [0, 0.1) is 5.92 Å². The lowest BCUT2D eigenvalue weighted by Gasteiger charge is -2.32. The van der Waals surface area contributed by atoms with Crippen LogP contribution in [-0.4, -0.2) is 66.5 Å². The molecule has 0 saturated carbocycles. The summed E-state index contributed by atoms with van der Waals surface area (Å²) in [7, 11) is 2.10. The van der Waals surface area contributed by atoms with Crippen LogP contribution in [0.15, 0.2) is 12.4 Å². The number of rotatable bonds is 3. The molecule has 8 heteroatoms. The molecule has 0 aliphatic carbocycles. The van der Waals surface area contributed by atoms with Crippen molar-refractivity contribution in [3.05, 3.63) is 12.4 Å². The SMILES string of the molecule is CN1CCN(c2ncc(NC(=O)C3CCC(=O)NC3)cn2)CC1. The highest BCUT2D eigenvalue weighted by atomic mass is 16.2. The number of hydrogen-bond acceptors (Lipinski definition) is 6. The predicted molar refractivity (Wildman–Crippen MR) is 86.1 cm³/mol. The Balaban J connectivity index is 1.55. The molecule has 3 rings (SSSR count). The summed E-state index contributed by atoms with van der Waals surface area (Å²) in [5.74, 6) is 0.417. The number of anilines is 2. The fourth-order valence-electron chi connectivity index (χ4n) is 2.76. The van der Waals surface area contributed by atoms with Crippen molar-refractivity contribution in [3.63, 3.8) is 0 Å². The van der Waals surface area contributed by atoms with Crippen molar-refractivity contribution in [2.24, 2.45) is 5.92 Å². The lowest BCUT2D eigenvalue weighted by atomic mass is 9.98. The molecule has 3 heterocycles. The number of likely N-dealkylation sites (N-methyl/N-ethyl adjacent to an activating group) is 1. The van der Waals surface area contributed by atoms with Crippen LogP contribution in [0.4, 0.5) is 11.6 Å². The minimum Gasteiger partial charge on any atom is -0.355 e. The van der Waals surface area contributed by atoms with Crippen LogP contribution in [0.1, 0.15) is 12.8 Å². The van der Waals surface area contributed by atoms with Gasteiger partial charge in [-0.25, -0.2) is 9.97 Å². The number of aromatic nitrogens is 2. The lowest BCUT2D eigenvalue weighted by Crippen LogP contribution is -2.45. The van der Waals surface area contributed by atoms with E-state index in [1.807, 2.05) is 0 Å². The summed E-state index contributed by atoms with van der Waals surface area (Å²) in [5.41, 5.74) is 0.588. The molecule has 0 aromatic carbocycles. The van der Waals surface area contributed by atoms with Gasteiger partial charge in [0.2, 0.25) is 17.8 Å². The number of carbonyl (C=O) groups excluding carboxylic acids is 2. The summed E-state index contributed by atoms with van der Waals surface area (Å²) >= 11 is 0. The van der Waals surface area contributed by atoms with Gasteiger partial charge in [0, 0.05) is 39.1 Å². The number of nitrogens with one attached hydrogen (secondary N) is 2. The van der Waals surface area contributed by atoms with Gasteiger partial charge < -0.3 is 20.4 Å². The molecule has 1 atom stereocenters. The van der Waals surface area contributed by atoms with Gasteiger partial charge in [-0.05, 0) is 13.5 Å². The van der Waals surface area contributed by atoms with Gasteiger partial charge >= 0.3 is 0 Å². The molecular weight excluding hydrogens is 296 g/mol. The molecule has 8 nitrogen and oxygen atoms in total. The van der Waals surface area contributed by atoms with Gasteiger partial charge in [0.1, 0.15) is 0 Å². The minimum atomic E-state index is -0.190. The third kappa shape index (κ3) is 3.95. The standard InChI is InChI=1S/C15H22N6O2/c1-20-4-6-21(7-5-20)15-17-9-12(10-18-15)19-14(23)11-2-3-13(22)16-8-11/h9-11H,2-8H2,1H3,(H,16,22)(H,19,23). The van der Waals surface area contributed by atoms with Crippen molar-refractivity contribution in [3.8, 4) is 0 Å². The van der Waals surface area contributed by atoms with Gasteiger partial charge in [0.15, 0.2) is 0 Å². The van der Waals surface area contributed by atoms with E-state index in [2.05, 4.69) is 37.4 Å². The van der Waals surface area contributed by atoms with Crippen LogP contribution < -0.4 is 15.5 Å². The van der Waals surface area contributed by atoms with Crippen LogP contribution in [0.3, 0.4) is 0 Å². The first-order valence-electron chi connectivity index (χ1n) is 7.95. The van der Waals surface area contributed by atoms with Crippen molar-refractivity contribution < 1.29 is 9.59 Å². The molecule has 2 aliphatic heterocycles. The van der Waals surface area contributed by atoms with E-state index in [4.69, 9.17) is 0 Å². The minimum absolute atomic E-state index is 0.00825. The Morgan fingerprint density at radius 3 is 2.57 bits per heavy atom. The maximum Gasteiger partial charge on any atom is 0.229 e. The summed E-state index contributed by atoms with van der Waals surface area (Å²) in [6.07, 6.45) is 4.26. The molecule has 1 aromatic heterocycles. The summed E-state index contributed by atoms with van der Waals surface area (Å²) < 4.78 is 0. The van der Waals surface area contributed by atoms with Gasteiger partial charge in [0.05, 0.1) is 24.0 Å². The van der Waals surface area contributed by atoms with E-state index in [0.29, 0.717) is 31.0 Å². The zero-order valence-corrected chi connectivity index (χ0v) is 13.3. The van der Waals surface area contributed by atoms with E-state index in [9.17, 15) is 9.59 Å². The second-order valence-corrected chi connectivity index (χ2v) is 6.09. The molecule has 0 spiro atoms. The molecule has 2 fully saturated rings. The monoisotopic (exact) mass is 318 g/mol. The lowest BCUT2D eigenvalue weighted by molar-refractivity contribution is -0.126. The summed E-state index contributed by atoms with van der Waals surface area (Å²) in [6.45, 7) is 4.20. The van der Waals surface area contributed by atoms with Crippen molar-refractivity contribution in [2.75, 3.05) is 50.0 Å². The van der Waals surface area contributed by atoms with E-state index in [1.54, 1.807) is 12.4 Å². The average molecular weight is 318 g/mol. The molecule has 0 bridgehead atoms. The van der Waals surface area contributed by atoms with Crippen LogP contribution >= 0.6 is 0 Å². The Hall–Kier alpha value is -2.22. The Morgan fingerprint density at radius 1 is 1.26 bits per heavy atom. The summed E-state index contributed by atoms with van der Waals surface area (Å²) in [5, 5.41) is 5.53. The molecule has 23 heavy (non-hydrogen) atoms. The number of carbonyl (C=O) groups is 2. The summed E-state index contributed by atoms with van der Waals surface area (Å²) in [6, 6.07) is 0. The van der Waals surface area contributed by atoms with Crippen LogP contribution in [0.5, 0.6) is 0 Å². The predicted octanol–water partition coefficient (Wildman–Crippen LogP) is -0.307. The van der Waals surface area contributed by atoms with Crippen molar-refractivity contribution in [1.29, 1.82) is 0 Å². The quantitative estimate of drug-likeness (QED) is 0.795. The number of amides is 2. The summed E-state index contributed by atoms with van der Waals surface area (Å²) in [4.78, 5) is 36.4. The Labute approximate surface area is 135 Å². The highest BCUT2D eigenvalue weighted by Gasteiger charge is 2.24. The third-order valence-electron chi connectivity index (χ3n) is 4.33. The van der Waals surface area contributed by atoms with E-state index in [0.717, 1.165) is 26.2 Å². The van der Waals surface area contributed by atoms with Gasteiger partial charge in [0.25, 0.3) is 0 Å². The van der Waals surface area contributed by atoms with Crippen molar-refractivity contribution in [2.45, 2.75) is 12.8 Å². The number of nitrogens with zero attached hydrogens (tertiary/aromatic N) is 4. The maximum absolute atomic E-state index is 12.2. The van der Waals surface area contributed by atoms with Gasteiger partial charge in [-0.3, -0.25) is 9.59 Å². The largest absolute Gasteiger partial charge is 0.355 e. The number of hydrogen-bond donors (Lipinski definition) is 2. The van der Waals surface area contributed by atoms with E-state index in [-0.39, 0.29) is 17.7 Å². The fourth-order valence-corrected chi connectivity index (χ4v) is 2.76. The van der Waals surface area contributed by atoms with Crippen molar-refractivity contribution in [1.82, 2.24) is 20.2 Å².